The fraction of sp³-hybridized carbons (Fsp3) is 1.00. The van der Waals surface area contributed by atoms with Crippen molar-refractivity contribution >= 4 is 11.8 Å². The molecule has 1 fully saturated rings. The largest absolute Gasteiger partial charge is 0.314 e. The van der Waals surface area contributed by atoms with Crippen LogP contribution in [0, 0.1) is 0 Å². The summed E-state index contributed by atoms with van der Waals surface area (Å²) < 4.78 is 0. The first kappa shape index (κ1) is 11.4. The van der Waals surface area contributed by atoms with E-state index in [1.807, 2.05) is 0 Å². The van der Waals surface area contributed by atoms with Gasteiger partial charge in [0.05, 0.1) is 0 Å². The Bertz CT molecular complexity index is 113. The van der Waals surface area contributed by atoms with Crippen LogP contribution in [0.15, 0.2) is 0 Å². The van der Waals surface area contributed by atoms with Gasteiger partial charge >= 0.3 is 0 Å². The summed E-state index contributed by atoms with van der Waals surface area (Å²) in [5.74, 6) is 1.35. The van der Waals surface area contributed by atoms with Crippen LogP contribution in [0.3, 0.4) is 0 Å². The summed E-state index contributed by atoms with van der Waals surface area (Å²) in [7, 11) is 0. The van der Waals surface area contributed by atoms with Gasteiger partial charge in [-0.25, -0.2) is 0 Å². The first-order valence-corrected chi connectivity index (χ1v) is 6.76. The molecule has 78 valence electrons. The molecule has 2 unspecified atom stereocenters. The average molecular weight is 201 g/mol. The topological polar surface area (TPSA) is 12.0 Å². The molecule has 2 heteroatoms. The van der Waals surface area contributed by atoms with E-state index in [4.69, 9.17) is 0 Å². The van der Waals surface area contributed by atoms with E-state index < -0.39 is 0 Å². The van der Waals surface area contributed by atoms with Gasteiger partial charge < -0.3 is 5.32 Å². The van der Waals surface area contributed by atoms with Gasteiger partial charge in [-0.3, -0.25) is 0 Å². The third-order valence-electron chi connectivity index (χ3n) is 2.63. The van der Waals surface area contributed by atoms with Gasteiger partial charge in [-0.15, -0.1) is 0 Å². The van der Waals surface area contributed by atoms with Crippen LogP contribution in [0.1, 0.15) is 46.0 Å². The molecule has 1 aliphatic carbocycles. The second-order valence-electron chi connectivity index (χ2n) is 3.96. The first-order chi connectivity index (χ1) is 6.36. The summed E-state index contributed by atoms with van der Waals surface area (Å²) >= 11 is 2.18. The molecule has 0 radical (unpaired) electrons. The van der Waals surface area contributed by atoms with Crippen LogP contribution in [-0.2, 0) is 0 Å². The predicted molar refractivity (Wildman–Crippen MR) is 62.5 cm³/mol. The number of hydrogen-bond donors (Lipinski definition) is 1. The third kappa shape index (κ3) is 4.37. The molecule has 0 spiro atoms. The van der Waals surface area contributed by atoms with Crippen molar-refractivity contribution in [1.29, 1.82) is 0 Å². The number of hydrogen-bond acceptors (Lipinski definition) is 2. The van der Waals surface area contributed by atoms with E-state index in [0.29, 0.717) is 0 Å². The van der Waals surface area contributed by atoms with Crippen molar-refractivity contribution < 1.29 is 0 Å². The minimum atomic E-state index is 0.828. The maximum Gasteiger partial charge on any atom is 0.00779 e. The predicted octanol–water partition coefficient (Wildman–Crippen LogP) is 3.05. The molecule has 0 aromatic carbocycles. The van der Waals surface area contributed by atoms with Gasteiger partial charge in [-0.1, -0.05) is 13.8 Å². The van der Waals surface area contributed by atoms with Crippen molar-refractivity contribution in [3.8, 4) is 0 Å². The highest BCUT2D eigenvalue weighted by Gasteiger charge is 2.23. The maximum atomic E-state index is 3.62. The number of rotatable bonds is 6. The van der Waals surface area contributed by atoms with Crippen LogP contribution in [0.4, 0.5) is 0 Å². The Labute approximate surface area is 87.1 Å². The molecule has 0 aromatic heterocycles. The zero-order chi connectivity index (χ0) is 9.52. The molecule has 0 aliphatic heterocycles. The zero-order valence-corrected chi connectivity index (χ0v) is 9.83. The Morgan fingerprint density at radius 2 is 2.08 bits per heavy atom. The molecule has 1 aliphatic rings. The lowest BCUT2D eigenvalue weighted by Gasteiger charge is -2.12. The Morgan fingerprint density at radius 3 is 2.77 bits per heavy atom. The van der Waals surface area contributed by atoms with Crippen molar-refractivity contribution in [2.75, 3.05) is 12.3 Å². The van der Waals surface area contributed by atoms with Gasteiger partial charge in [0.25, 0.3) is 0 Å². The molecular formula is C11H23NS. The Morgan fingerprint density at radius 1 is 1.23 bits per heavy atom. The fourth-order valence-corrected chi connectivity index (χ4v) is 3.15. The number of nitrogens with one attached hydrogen (secondary N) is 1. The van der Waals surface area contributed by atoms with E-state index in [0.717, 1.165) is 11.3 Å². The van der Waals surface area contributed by atoms with E-state index in [2.05, 4.69) is 30.9 Å². The lowest BCUT2D eigenvalue weighted by atomic mass is 10.2. The van der Waals surface area contributed by atoms with Gasteiger partial charge in [-0.05, 0) is 44.4 Å². The lowest BCUT2D eigenvalue weighted by Crippen LogP contribution is -2.27. The van der Waals surface area contributed by atoms with Crippen molar-refractivity contribution in [3.63, 3.8) is 0 Å². The van der Waals surface area contributed by atoms with E-state index in [-0.39, 0.29) is 0 Å². The molecule has 0 amide bonds. The average Bonchev–Trinajstić information content (AvgIpc) is 2.59. The minimum absolute atomic E-state index is 0.828. The van der Waals surface area contributed by atoms with Crippen molar-refractivity contribution in [2.45, 2.75) is 57.2 Å². The van der Waals surface area contributed by atoms with Gasteiger partial charge in [0.2, 0.25) is 0 Å². The molecule has 1 N–H and O–H groups in total. The SMILES string of the molecule is CCCNC1CCC(SCCC)C1. The standard InChI is InChI=1S/C11H23NS/c1-3-7-12-10-5-6-11(9-10)13-8-4-2/h10-12H,3-9H2,1-2H3. The number of thioether (sulfide) groups is 1. The Hall–Kier alpha value is 0.310. The Balaban J connectivity index is 2.05. The molecule has 1 nitrogen and oxygen atoms in total. The molecule has 2 atom stereocenters. The monoisotopic (exact) mass is 201 g/mol. The molecule has 0 aromatic rings. The summed E-state index contributed by atoms with van der Waals surface area (Å²) in [5, 5.41) is 4.58. The van der Waals surface area contributed by atoms with Crippen molar-refractivity contribution in [2.24, 2.45) is 0 Å². The second-order valence-corrected chi connectivity index (χ2v) is 5.37. The lowest BCUT2D eigenvalue weighted by molar-refractivity contribution is 0.524. The molecule has 0 heterocycles. The highest BCUT2D eigenvalue weighted by molar-refractivity contribution is 7.99. The summed E-state index contributed by atoms with van der Waals surface area (Å²) in [5.41, 5.74) is 0. The van der Waals surface area contributed by atoms with E-state index in [1.165, 1.54) is 44.4 Å². The maximum absolute atomic E-state index is 3.62. The van der Waals surface area contributed by atoms with Crippen LogP contribution >= 0.6 is 11.8 Å². The zero-order valence-electron chi connectivity index (χ0n) is 9.01. The molecule has 0 saturated heterocycles. The Kier molecular flexibility index (Phi) is 5.88. The van der Waals surface area contributed by atoms with Gasteiger partial charge in [-0.2, -0.15) is 11.8 Å². The van der Waals surface area contributed by atoms with Crippen molar-refractivity contribution in [3.05, 3.63) is 0 Å². The van der Waals surface area contributed by atoms with Crippen molar-refractivity contribution in [1.82, 2.24) is 5.32 Å². The summed E-state index contributed by atoms with van der Waals surface area (Å²) in [6.45, 7) is 5.72. The van der Waals surface area contributed by atoms with E-state index in [1.54, 1.807) is 0 Å². The third-order valence-corrected chi connectivity index (χ3v) is 4.17. The molecule has 1 rings (SSSR count). The van der Waals surface area contributed by atoms with Crippen LogP contribution < -0.4 is 5.32 Å². The highest BCUT2D eigenvalue weighted by Crippen LogP contribution is 2.30. The summed E-state index contributed by atoms with van der Waals surface area (Å²) in [4.78, 5) is 0. The van der Waals surface area contributed by atoms with Gasteiger partial charge in [0, 0.05) is 11.3 Å². The summed E-state index contributed by atoms with van der Waals surface area (Å²) in [6.07, 6.45) is 6.84. The fourth-order valence-electron chi connectivity index (χ4n) is 1.91. The van der Waals surface area contributed by atoms with Crippen LogP contribution in [0.5, 0.6) is 0 Å². The van der Waals surface area contributed by atoms with Crippen LogP contribution in [-0.4, -0.2) is 23.6 Å². The smallest absolute Gasteiger partial charge is 0.00779 e. The quantitative estimate of drug-likeness (QED) is 0.709. The van der Waals surface area contributed by atoms with Crippen LogP contribution in [0.25, 0.3) is 0 Å². The second kappa shape index (κ2) is 6.72. The molecule has 13 heavy (non-hydrogen) atoms. The molecule has 1 saturated carbocycles. The first-order valence-electron chi connectivity index (χ1n) is 5.71. The van der Waals surface area contributed by atoms with E-state index >= 15 is 0 Å². The minimum Gasteiger partial charge on any atom is -0.314 e. The van der Waals surface area contributed by atoms with E-state index in [9.17, 15) is 0 Å². The molecule has 0 bridgehead atoms. The van der Waals surface area contributed by atoms with Gasteiger partial charge in [0.15, 0.2) is 0 Å². The normalized spacial score (nSPS) is 28.2. The van der Waals surface area contributed by atoms with Gasteiger partial charge in [0.1, 0.15) is 0 Å². The molecular weight excluding hydrogens is 178 g/mol. The highest BCUT2D eigenvalue weighted by atomic mass is 32.2. The van der Waals surface area contributed by atoms with Crippen LogP contribution in [0.2, 0.25) is 0 Å². The summed E-state index contributed by atoms with van der Waals surface area (Å²) in [6, 6.07) is 0.828.